The van der Waals surface area contributed by atoms with Crippen LogP contribution >= 0.6 is 11.6 Å². The second-order valence-corrected chi connectivity index (χ2v) is 6.20. The summed E-state index contributed by atoms with van der Waals surface area (Å²) < 4.78 is 7.53. The van der Waals surface area contributed by atoms with Crippen LogP contribution in [0, 0.1) is 5.92 Å². The zero-order chi connectivity index (χ0) is 15.7. The molecule has 1 aromatic carbocycles. The van der Waals surface area contributed by atoms with Crippen LogP contribution < -0.4 is 5.32 Å². The molecule has 1 aromatic heterocycles. The third-order valence-corrected chi connectivity index (χ3v) is 4.53. The molecule has 1 saturated heterocycles. The molecule has 22 heavy (non-hydrogen) atoms. The summed E-state index contributed by atoms with van der Waals surface area (Å²) in [6.07, 6.45) is 1.80. The topological polar surface area (TPSA) is 56.1 Å². The normalized spacial score (nSPS) is 22.0. The van der Waals surface area contributed by atoms with Crippen LogP contribution in [-0.4, -0.2) is 28.2 Å². The van der Waals surface area contributed by atoms with Gasteiger partial charge in [0.05, 0.1) is 29.6 Å². The number of ether oxygens (including phenoxy) is 1. The van der Waals surface area contributed by atoms with Gasteiger partial charge in [0, 0.05) is 18.7 Å². The molecule has 0 aliphatic carbocycles. The Morgan fingerprint density at radius 2 is 2.36 bits per heavy atom. The van der Waals surface area contributed by atoms with E-state index in [1.54, 1.807) is 0 Å². The van der Waals surface area contributed by atoms with Gasteiger partial charge in [0.1, 0.15) is 5.82 Å². The lowest BCUT2D eigenvalue weighted by Crippen LogP contribution is -2.40. The maximum absolute atomic E-state index is 12.3. The molecule has 6 heteroatoms. The monoisotopic (exact) mass is 321 g/mol. The van der Waals surface area contributed by atoms with Gasteiger partial charge in [-0.25, -0.2) is 4.98 Å². The number of imidazole rings is 1. The molecule has 2 heterocycles. The molecule has 1 fully saturated rings. The van der Waals surface area contributed by atoms with Crippen LogP contribution in [0.1, 0.15) is 25.6 Å². The Kier molecular flexibility index (Phi) is 4.36. The summed E-state index contributed by atoms with van der Waals surface area (Å²) in [6, 6.07) is 5.61. The maximum atomic E-state index is 12.3. The second-order valence-electron chi connectivity index (χ2n) is 5.76. The van der Waals surface area contributed by atoms with Crippen molar-refractivity contribution in [2.75, 3.05) is 6.61 Å². The van der Waals surface area contributed by atoms with Crippen molar-refractivity contribution in [2.45, 2.75) is 32.4 Å². The van der Waals surface area contributed by atoms with Gasteiger partial charge in [-0.05, 0) is 38.0 Å². The highest BCUT2D eigenvalue weighted by Crippen LogP contribution is 2.22. The lowest BCUT2D eigenvalue weighted by atomic mass is 9.94. The van der Waals surface area contributed by atoms with Crippen LogP contribution in [0.2, 0.25) is 5.02 Å². The van der Waals surface area contributed by atoms with Gasteiger partial charge in [-0.1, -0.05) is 11.6 Å². The Morgan fingerprint density at radius 1 is 1.55 bits per heavy atom. The van der Waals surface area contributed by atoms with Crippen molar-refractivity contribution >= 4 is 28.5 Å². The molecule has 118 valence electrons. The molecular weight excluding hydrogens is 302 g/mol. The SMILES string of the molecule is C[C@@H]1OCCC[C@H]1C(=O)NCc1nc2cc(Cl)ccc2n1C. The average molecular weight is 322 g/mol. The minimum absolute atomic E-state index is 0.0204. The van der Waals surface area contributed by atoms with Gasteiger partial charge in [-0.2, -0.15) is 0 Å². The molecular formula is C16H20ClN3O2. The minimum Gasteiger partial charge on any atom is -0.378 e. The number of nitrogens with one attached hydrogen (secondary N) is 1. The van der Waals surface area contributed by atoms with Crippen molar-refractivity contribution in [2.24, 2.45) is 13.0 Å². The second kappa shape index (κ2) is 6.26. The predicted molar refractivity (Wildman–Crippen MR) is 85.7 cm³/mol. The highest BCUT2D eigenvalue weighted by molar-refractivity contribution is 6.31. The summed E-state index contributed by atoms with van der Waals surface area (Å²) >= 11 is 5.99. The van der Waals surface area contributed by atoms with Gasteiger partial charge in [-0.15, -0.1) is 0 Å². The summed E-state index contributed by atoms with van der Waals surface area (Å²) in [5.41, 5.74) is 1.84. The van der Waals surface area contributed by atoms with Gasteiger partial charge in [0.25, 0.3) is 0 Å². The number of nitrogens with zero attached hydrogens (tertiary/aromatic N) is 2. The van der Waals surface area contributed by atoms with E-state index in [4.69, 9.17) is 16.3 Å². The fraction of sp³-hybridized carbons (Fsp3) is 0.500. The smallest absolute Gasteiger partial charge is 0.226 e. The quantitative estimate of drug-likeness (QED) is 0.945. The van der Waals surface area contributed by atoms with E-state index in [1.165, 1.54) is 0 Å². The van der Waals surface area contributed by atoms with Crippen molar-refractivity contribution in [3.8, 4) is 0 Å². The fourth-order valence-corrected chi connectivity index (χ4v) is 3.11. The van der Waals surface area contributed by atoms with Gasteiger partial charge in [-0.3, -0.25) is 4.79 Å². The number of aromatic nitrogens is 2. The molecule has 0 bridgehead atoms. The molecule has 0 unspecified atom stereocenters. The molecule has 5 nitrogen and oxygen atoms in total. The first-order valence-corrected chi connectivity index (χ1v) is 7.94. The first-order valence-electron chi connectivity index (χ1n) is 7.56. The van der Waals surface area contributed by atoms with E-state index in [1.807, 2.05) is 36.7 Å². The minimum atomic E-state index is -0.0714. The number of fused-ring (bicyclic) bond motifs is 1. The van der Waals surface area contributed by atoms with E-state index in [0.717, 1.165) is 36.3 Å². The zero-order valence-corrected chi connectivity index (χ0v) is 13.6. The largest absolute Gasteiger partial charge is 0.378 e. The number of amides is 1. The van der Waals surface area contributed by atoms with E-state index in [9.17, 15) is 4.79 Å². The summed E-state index contributed by atoms with van der Waals surface area (Å²) in [7, 11) is 1.94. The van der Waals surface area contributed by atoms with Crippen LogP contribution in [-0.2, 0) is 23.1 Å². The van der Waals surface area contributed by atoms with Gasteiger partial charge in [0.15, 0.2) is 0 Å². The Balaban J connectivity index is 1.71. The molecule has 2 atom stereocenters. The molecule has 1 amide bonds. The predicted octanol–water partition coefficient (Wildman–Crippen LogP) is 2.66. The Hall–Kier alpha value is -1.59. The molecule has 0 radical (unpaired) electrons. The zero-order valence-electron chi connectivity index (χ0n) is 12.8. The standard InChI is InChI=1S/C16H20ClN3O2/c1-10-12(4-3-7-22-10)16(21)18-9-15-19-13-8-11(17)5-6-14(13)20(15)2/h5-6,8,10,12H,3-4,7,9H2,1-2H3,(H,18,21)/t10-,12+/m0/s1. The van der Waals surface area contributed by atoms with E-state index in [-0.39, 0.29) is 17.9 Å². The maximum Gasteiger partial charge on any atom is 0.226 e. The summed E-state index contributed by atoms with van der Waals surface area (Å²) in [5, 5.41) is 3.64. The lowest BCUT2D eigenvalue weighted by Gasteiger charge is -2.27. The average Bonchev–Trinajstić information content (AvgIpc) is 2.81. The molecule has 1 N–H and O–H groups in total. The van der Waals surface area contributed by atoms with Gasteiger partial charge in [0.2, 0.25) is 5.91 Å². The van der Waals surface area contributed by atoms with Crippen molar-refractivity contribution in [1.82, 2.24) is 14.9 Å². The number of benzene rings is 1. The van der Waals surface area contributed by atoms with Gasteiger partial charge >= 0.3 is 0 Å². The molecule has 3 rings (SSSR count). The Labute approximate surface area is 134 Å². The van der Waals surface area contributed by atoms with E-state index in [2.05, 4.69) is 10.3 Å². The van der Waals surface area contributed by atoms with Crippen LogP contribution in [0.25, 0.3) is 11.0 Å². The van der Waals surface area contributed by atoms with Crippen molar-refractivity contribution in [3.63, 3.8) is 0 Å². The van der Waals surface area contributed by atoms with Gasteiger partial charge < -0.3 is 14.6 Å². The van der Waals surface area contributed by atoms with Crippen molar-refractivity contribution in [3.05, 3.63) is 29.0 Å². The number of rotatable bonds is 3. The third kappa shape index (κ3) is 2.96. The van der Waals surface area contributed by atoms with Crippen LogP contribution in [0.15, 0.2) is 18.2 Å². The number of carbonyl (C=O) groups is 1. The molecule has 2 aromatic rings. The summed E-state index contributed by atoms with van der Waals surface area (Å²) in [4.78, 5) is 16.9. The van der Waals surface area contributed by atoms with Crippen LogP contribution in [0.4, 0.5) is 0 Å². The summed E-state index contributed by atoms with van der Waals surface area (Å²) in [6.45, 7) is 3.11. The molecule has 0 spiro atoms. The lowest BCUT2D eigenvalue weighted by molar-refractivity contribution is -0.133. The van der Waals surface area contributed by atoms with Crippen LogP contribution in [0.3, 0.4) is 0 Å². The number of hydrogen-bond acceptors (Lipinski definition) is 3. The van der Waals surface area contributed by atoms with E-state index in [0.29, 0.717) is 11.6 Å². The molecule has 0 saturated carbocycles. The first-order chi connectivity index (χ1) is 10.6. The Morgan fingerprint density at radius 3 is 3.14 bits per heavy atom. The number of halogens is 1. The Bertz CT molecular complexity index is 698. The van der Waals surface area contributed by atoms with E-state index < -0.39 is 0 Å². The number of hydrogen-bond donors (Lipinski definition) is 1. The van der Waals surface area contributed by atoms with Crippen molar-refractivity contribution < 1.29 is 9.53 Å². The fourth-order valence-electron chi connectivity index (χ4n) is 2.95. The third-order valence-electron chi connectivity index (χ3n) is 4.30. The molecule has 1 aliphatic rings. The number of aryl methyl sites for hydroxylation is 1. The molecule has 1 aliphatic heterocycles. The highest BCUT2D eigenvalue weighted by Gasteiger charge is 2.28. The number of carbonyl (C=O) groups excluding carboxylic acids is 1. The van der Waals surface area contributed by atoms with Crippen molar-refractivity contribution in [1.29, 1.82) is 0 Å². The first kappa shape index (κ1) is 15.3. The highest BCUT2D eigenvalue weighted by atomic mass is 35.5. The van der Waals surface area contributed by atoms with E-state index >= 15 is 0 Å². The summed E-state index contributed by atoms with van der Waals surface area (Å²) in [5.74, 6) is 0.783. The van der Waals surface area contributed by atoms with Crippen LogP contribution in [0.5, 0.6) is 0 Å².